The summed E-state index contributed by atoms with van der Waals surface area (Å²) in [5, 5.41) is 0.861. The molecule has 2 heterocycles. The minimum absolute atomic E-state index is 0.00255. The Kier molecular flexibility index (Phi) is 7.43. The molecule has 0 radical (unpaired) electrons. The van der Waals surface area contributed by atoms with Crippen LogP contribution in [0.1, 0.15) is 43.9 Å². The van der Waals surface area contributed by atoms with E-state index in [0.29, 0.717) is 13.0 Å². The largest absolute Gasteiger partial charge is 0.464 e. The van der Waals surface area contributed by atoms with Crippen molar-refractivity contribution in [3.05, 3.63) is 92.3 Å². The van der Waals surface area contributed by atoms with Gasteiger partial charge in [-0.3, -0.25) is 19.1 Å². The molecule has 2 aromatic heterocycles. The van der Waals surface area contributed by atoms with E-state index in [-0.39, 0.29) is 36.3 Å². The summed E-state index contributed by atoms with van der Waals surface area (Å²) in [6.07, 6.45) is 3.17. The molecule has 0 fully saturated rings. The number of hydrogen-bond donors (Lipinski definition) is 2. The van der Waals surface area contributed by atoms with Crippen LogP contribution in [0, 0.1) is 5.92 Å². The summed E-state index contributed by atoms with van der Waals surface area (Å²) in [4.78, 5) is 43.0. The molecule has 36 heavy (non-hydrogen) atoms. The summed E-state index contributed by atoms with van der Waals surface area (Å²) >= 11 is 0. The van der Waals surface area contributed by atoms with E-state index in [1.54, 1.807) is 6.26 Å². The van der Waals surface area contributed by atoms with Crippen LogP contribution in [0.2, 0.25) is 0 Å². The third-order valence-electron chi connectivity index (χ3n) is 6.37. The van der Waals surface area contributed by atoms with Crippen molar-refractivity contribution in [3.8, 4) is 0 Å². The average Bonchev–Trinajstić information content (AvgIpc) is 3.25. The highest BCUT2D eigenvalue weighted by Gasteiger charge is 2.25. The zero-order valence-corrected chi connectivity index (χ0v) is 20.9. The SMILES string of the molecule is CCc1ccc2c(CC(=O)N(CCC(C)C)c3c(N)n(Cc4ccccc4)c(=O)[nH]c3=O)coc2c1. The van der Waals surface area contributed by atoms with Crippen molar-refractivity contribution in [1.29, 1.82) is 0 Å². The molecule has 0 aliphatic heterocycles. The fourth-order valence-electron chi connectivity index (χ4n) is 4.25. The fraction of sp³-hybridized carbons (Fsp3) is 0.321. The number of H-pyrrole nitrogens is 1. The highest BCUT2D eigenvalue weighted by Crippen LogP contribution is 2.26. The molecule has 2 aromatic carbocycles. The van der Waals surface area contributed by atoms with Gasteiger partial charge in [0, 0.05) is 17.5 Å². The molecule has 0 atom stereocenters. The predicted octanol–water partition coefficient (Wildman–Crippen LogP) is 4.10. The molecular formula is C28H32N4O4. The van der Waals surface area contributed by atoms with Crippen LogP contribution in [0.3, 0.4) is 0 Å². The number of fused-ring (bicyclic) bond motifs is 1. The van der Waals surface area contributed by atoms with Gasteiger partial charge in [0.2, 0.25) is 5.91 Å². The first-order valence-electron chi connectivity index (χ1n) is 12.2. The maximum absolute atomic E-state index is 13.6. The number of nitrogen functional groups attached to an aromatic ring is 1. The second-order valence-electron chi connectivity index (χ2n) is 9.41. The van der Waals surface area contributed by atoms with Crippen LogP contribution in [0.5, 0.6) is 0 Å². The van der Waals surface area contributed by atoms with Gasteiger partial charge in [-0.05, 0) is 36.0 Å². The van der Waals surface area contributed by atoms with Gasteiger partial charge < -0.3 is 15.1 Å². The lowest BCUT2D eigenvalue weighted by molar-refractivity contribution is -0.118. The molecule has 0 saturated heterocycles. The minimum atomic E-state index is -0.677. The molecule has 8 nitrogen and oxygen atoms in total. The Morgan fingerprint density at radius 2 is 1.86 bits per heavy atom. The topological polar surface area (TPSA) is 114 Å². The van der Waals surface area contributed by atoms with Crippen LogP contribution < -0.4 is 21.9 Å². The van der Waals surface area contributed by atoms with Gasteiger partial charge in [0.15, 0.2) is 5.69 Å². The predicted molar refractivity (Wildman–Crippen MR) is 142 cm³/mol. The van der Waals surface area contributed by atoms with Crippen LogP contribution in [-0.2, 0) is 24.2 Å². The van der Waals surface area contributed by atoms with E-state index in [9.17, 15) is 14.4 Å². The summed E-state index contributed by atoms with van der Waals surface area (Å²) in [6, 6.07) is 15.3. The Labute approximate surface area is 209 Å². The molecule has 4 rings (SSSR count). The number of amides is 1. The highest BCUT2D eigenvalue weighted by molar-refractivity contribution is 5.98. The van der Waals surface area contributed by atoms with Crippen molar-refractivity contribution in [3.63, 3.8) is 0 Å². The number of nitrogens with two attached hydrogens (primary N) is 1. The number of hydrogen-bond acceptors (Lipinski definition) is 5. The number of aromatic amines is 1. The normalized spacial score (nSPS) is 11.3. The van der Waals surface area contributed by atoms with Crippen molar-refractivity contribution in [2.75, 3.05) is 17.2 Å². The van der Waals surface area contributed by atoms with Crippen LogP contribution >= 0.6 is 0 Å². The number of rotatable bonds is 9. The number of benzene rings is 2. The van der Waals surface area contributed by atoms with Crippen LogP contribution in [-0.4, -0.2) is 22.0 Å². The summed E-state index contributed by atoms with van der Waals surface area (Å²) in [6.45, 7) is 6.62. The minimum Gasteiger partial charge on any atom is -0.464 e. The quantitative estimate of drug-likeness (QED) is 0.368. The second kappa shape index (κ2) is 10.7. The number of aromatic nitrogens is 2. The van der Waals surface area contributed by atoms with Crippen LogP contribution in [0.15, 0.2) is 68.8 Å². The molecule has 0 spiro atoms. The lowest BCUT2D eigenvalue weighted by Gasteiger charge is -2.25. The van der Waals surface area contributed by atoms with Gasteiger partial charge in [-0.2, -0.15) is 0 Å². The molecule has 8 heteroatoms. The first-order chi connectivity index (χ1) is 17.3. The first kappa shape index (κ1) is 25.0. The van der Waals surface area contributed by atoms with Crippen molar-refractivity contribution in [1.82, 2.24) is 9.55 Å². The van der Waals surface area contributed by atoms with Gasteiger partial charge in [-0.25, -0.2) is 4.79 Å². The Morgan fingerprint density at radius 3 is 2.56 bits per heavy atom. The van der Waals surface area contributed by atoms with Crippen molar-refractivity contribution >= 4 is 28.4 Å². The van der Waals surface area contributed by atoms with Gasteiger partial charge >= 0.3 is 5.69 Å². The number of nitrogens with zero attached hydrogens (tertiary/aromatic N) is 2. The third kappa shape index (κ3) is 5.27. The number of aryl methyl sites for hydroxylation is 1. The van der Waals surface area contributed by atoms with E-state index in [2.05, 4.69) is 11.9 Å². The fourth-order valence-corrected chi connectivity index (χ4v) is 4.25. The lowest BCUT2D eigenvalue weighted by atomic mass is 10.1. The Balaban J connectivity index is 1.72. The van der Waals surface area contributed by atoms with Crippen LogP contribution in [0.25, 0.3) is 11.0 Å². The summed E-state index contributed by atoms with van der Waals surface area (Å²) in [5.41, 5.74) is 8.56. The van der Waals surface area contributed by atoms with Gasteiger partial charge in [0.25, 0.3) is 5.56 Å². The van der Waals surface area contributed by atoms with Gasteiger partial charge in [-0.1, -0.05) is 63.2 Å². The van der Waals surface area contributed by atoms with E-state index in [1.807, 2.05) is 62.4 Å². The van der Waals surface area contributed by atoms with E-state index >= 15 is 0 Å². The third-order valence-corrected chi connectivity index (χ3v) is 6.37. The standard InChI is InChI=1S/C28H32N4O4/c1-4-19-10-11-22-21(17-36-23(22)14-19)15-24(33)31(13-12-18(2)3)25-26(29)32(28(35)30-27(25)34)16-20-8-6-5-7-9-20/h5-11,14,17-18H,4,12-13,15-16,29H2,1-3H3,(H,30,34,35). The molecule has 0 bridgehead atoms. The maximum atomic E-state index is 13.6. The summed E-state index contributed by atoms with van der Waals surface area (Å²) < 4.78 is 7.01. The molecule has 0 aliphatic rings. The molecule has 0 unspecified atom stereocenters. The monoisotopic (exact) mass is 488 g/mol. The number of furan rings is 1. The zero-order chi connectivity index (χ0) is 25.8. The molecule has 1 amide bonds. The Hall–Kier alpha value is -4.07. The number of carbonyl (C=O) groups is 1. The number of anilines is 2. The van der Waals surface area contributed by atoms with Crippen molar-refractivity contribution in [2.24, 2.45) is 5.92 Å². The van der Waals surface area contributed by atoms with Gasteiger partial charge in [0.1, 0.15) is 11.4 Å². The molecular weight excluding hydrogens is 456 g/mol. The van der Waals surface area contributed by atoms with E-state index in [0.717, 1.165) is 34.1 Å². The maximum Gasteiger partial charge on any atom is 0.330 e. The zero-order valence-electron chi connectivity index (χ0n) is 20.9. The lowest BCUT2D eigenvalue weighted by Crippen LogP contribution is -2.42. The van der Waals surface area contributed by atoms with Gasteiger partial charge in [-0.15, -0.1) is 0 Å². The summed E-state index contributed by atoms with van der Waals surface area (Å²) in [5.74, 6) is -0.0348. The molecule has 3 N–H and O–H groups in total. The van der Waals surface area contributed by atoms with Gasteiger partial charge in [0.05, 0.1) is 19.2 Å². The van der Waals surface area contributed by atoms with E-state index < -0.39 is 11.2 Å². The molecule has 188 valence electrons. The smallest absolute Gasteiger partial charge is 0.330 e. The first-order valence-corrected chi connectivity index (χ1v) is 12.2. The second-order valence-corrected chi connectivity index (χ2v) is 9.41. The average molecular weight is 489 g/mol. The van der Waals surface area contributed by atoms with E-state index in [1.165, 1.54) is 9.47 Å². The Morgan fingerprint density at radius 1 is 1.11 bits per heavy atom. The number of nitrogens with one attached hydrogen (secondary N) is 1. The van der Waals surface area contributed by atoms with Crippen molar-refractivity contribution in [2.45, 2.75) is 46.6 Å². The molecule has 0 aliphatic carbocycles. The van der Waals surface area contributed by atoms with Crippen LogP contribution in [0.4, 0.5) is 11.5 Å². The Bertz CT molecular complexity index is 1480. The van der Waals surface area contributed by atoms with E-state index in [4.69, 9.17) is 10.2 Å². The molecule has 0 saturated carbocycles. The van der Waals surface area contributed by atoms with Crippen molar-refractivity contribution < 1.29 is 9.21 Å². The summed E-state index contributed by atoms with van der Waals surface area (Å²) in [7, 11) is 0. The number of carbonyl (C=O) groups excluding carboxylic acids is 1. The molecule has 4 aromatic rings. The highest BCUT2D eigenvalue weighted by atomic mass is 16.3.